The Labute approximate surface area is 199 Å². The van der Waals surface area contributed by atoms with E-state index < -0.39 is 34.3 Å². The molecule has 2 amide bonds. The van der Waals surface area contributed by atoms with Gasteiger partial charge in [0, 0.05) is 13.1 Å². The van der Waals surface area contributed by atoms with Gasteiger partial charge < -0.3 is 10.2 Å². The maximum atomic E-state index is 13.4. The molecule has 0 radical (unpaired) electrons. The van der Waals surface area contributed by atoms with Gasteiger partial charge in [-0.15, -0.1) is 0 Å². The van der Waals surface area contributed by atoms with Crippen LogP contribution in [0, 0.1) is 5.82 Å². The Balaban J connectivity index is 2.34. The van der Waals surface area contributed by atoms with Crippen LogP contribution in [0.2, 0.25) is 5.02 Å². The van der Waals surface area contributed by atoms with Crippen LogP contribution >= 0.6 is 11.6 Å². The summed E-state index contributed by atoms with van der Waals surface area (Å²) in [4.78, 5) is 27.3. The van der Waals surface area contributed by atoms with Crippen molar-refractivity contribution in [3.63, 3.8) is 0 Å². The first-order valence-corrected chi connectivity index (χ1v) is 12.8. The molecule has 2 aromatic carbocycles. The molecule has 2 aromatic rings. The van der Waals surface area contributed by atoms with E-state index in [1.54, 1.807) is 19.1 Å². The lowest BCUT2D eigenvalue weighted by atomic mass is 10.1. The zero-order valence-electron chi connectivity index (χ0n) is 18.9. The van der Waals surface area contributed by atoms with Gasteiger partial charge in [-0.05, 0) is 43.2 Å². The Morgan fingerprint density at radius 3 is 2.33 bits per heavy atom. The zero-order chi connectivity index (χ0) is 24.6. The standard InChI is InChI=1S/C23H29ClFN3O4S/c1-4-5-14-26-23(30)17(2)27(15-18-10-12-19(25)13-11-18)22(29)16-28(33(3,31)32)21-9-7-6-8-20(21)24/h6-13,17H,4-5,14-16H2,1-3H3,(H,26,30)/t17-/m1/s1. The number of nitrogens with one attached hydrogen (secondary N) is 1. The molecule has 0 aromatic heterocycles. The number of hydrogen-bond acceptors (Lipinski definition) is 4. The number of anilines is 1. The topological polar surface area (TPSA) is 86.8 Å². The predicted octanol–water partition coefficient (Wildman–Crippen LogP) is 3.58. The number of benzene rings is 2. The van der Waals surface area contributed by atoms with Gasteiger partial charge in [0.2, 0.25) is 21.8 Å². The van der Waals surface area contributed by atoms with Gasteiger partial charge in [-0.25, -0.2) is 12.8 Å². The summed E-state index contributed by atoms with van der Waals surface area (Å²) < 4.78 is 39.2. The summed E-state index contributed by atoms with van der Waals surface area (Å²) >= 11 is 6.19. The molecule has 0 aliphatic carbocycles. The maximum absolute atomic E-state index is 13.4. The van der Waals surface area contributed by atoms with E-state index in [0.29, 0.717) is 12.1 Å². The fourth-order valence-corrected chi connectivity index (χ4v) is 4.30. The van der Waals surface area contributed by atoms with Crippen molar-refractivity contribution >= 4 is 39.1 Å². The van der Waals surface area contributed by atoms with Crippen molar-refractivity contribution in [2.45, 2.75) is 39.3 Å². The number of nitrogens with zero attached hydrogens (tertiary/aromatic N) is 2. The van der Waals surface area contributed by atoms with Crippen LogP contribution in [0.15, 0.2) is 48.5 Å². The van der Waals surface area contributed by atoms with E-state index in [4.69, 9.17) is 11.6 Å². The highest BCUT2D eigenvalue weighted by Gasteiger charge is 2.30. The summed E-state index contributed by atoms with van der Waals surface area (Å²) in [5.74, 6) is -1.38. The lowest BCUT2D eigenvalue weighted by Crippen LogP contribution is -2.51. The number of carbonyl (C=O) groups is 2. The summed E-state index contributed by atoms with van der Waals surface area (Å²) in [5.41, 5.74) is 0.762. The van der Waals surface area contributed by atoms with E-state index in [2.05, 4.69) is 5.32 Å². The fourth-order valence-electron chi connectivity index (χ4n) is 3.15. The van der Waals surface area contributed by atoms with Crippen molar-refractivity contribution in [3.05, 3.63) is 64.9 Å². The van der Waals surface area contributed by atoms with Crippen LogP contribution in [0.4, 0.5) is 10.1 Å². The van der Waals surface area contributed by atoms with Crippen LogP contribution in [0.25, 0.3) is 0 Å². The molecule has 1 N–H and O–H groups in total. The summed E-state index contributed by atoms with van der Waals surface area (Å²) in [6.07, 6.45) is 2.67. The molecular formula is C23H29ClFN3O4S. The molecule has 7 nitrogen and oxygen atoms in total. The molecule has 0 spiro atoms. The molecule has 0 bridgehead atoms. The molecular weight excluding hydrogens is 469 g/mol. The van der Waals surface area contributed by atoms with Crippen LogP contribution in [-0.4, -0.2) is 50.5 Å². The zero-order valence-corrected chi connectivity index (χ0v) is 20.5. The summed E-state index contributed by atoms with van der Waals surface area (Å²) in [7, 11) is -3.86. The SMILES string of the molecule is CCCCNC(=O)[C@@H](C)N(Cc1ccc(F)cc1)C(=O)CN(c1ccccc1Cl)S(C)(=O)=O. The monoisotopic (exact) mass is 497 g/mol. The number of hydrogen-bond donors (Lipinski definition) is 1. The Hall–Kier alpha value is -2.65. The average molecular weight is 498 g/mol. The molecule has 0 saturated carbocycles. The number of rotatable bonds is 11. The Kier molecular flexibility index (Phi) is 9.67. The van der Waals surface area contributed by atoms with Gasteiger partial charge in [-0.3, -0.25) is 13.9 Å². The molecule has 0 saturated heterocycles. The third-order valence-corrected chi connectivity index (χ3v) is 6.51. The number of para-hydroxylation sites is 1. The molecule has 33 heavy (non-hydrogen) atoms. The molecule has 0 unspecified atom stereocenters. The minimum absolute atomic E-state index is 0.00159. The first-order chi connectivity index (χ1) is 15.5. The van der Waals surface area contributed by atoms with Gasteiger partial charge in [0.25, 0.3) is 0 Å². The minimum Gasteiger partial charge on any atom is -0.354 e. The highest BCUT2D eigenvalue weighted by Crippen LogP contribution is 2.27. The molecule has 2 rings (SSSR count). The van der Waals surface area contributed by atoms with Gasteiger partial charge >= 0.3 is 0 Å². The normalized spacial score (nSPS) is 12.2. The lowest BCUT2D eigenvalue weighted by Gasteiger charge is -2.31. The maximum Gasteiger partial charge on any atom is 0.244 e. The van der Waals surface area contributed by atoms with E-state index >= 15 is 0 Å². The van der Waals surface area contributed by atoms with E-state index in [1.807, 2.05) is 6.92 Å². The van der Waals surface area contributed by atoms with E-state index in [-0.39, 0.29) is 23.2 Å². The van der Waals surface area contributed by atoms with Crippen LogP contribution in [0.3, 0.4) is 0 Å². The second-order valence-electron chi connectivity index (χ2n) is 7.69. The highest BCUT2D eigenvalue weighted by molar-refractivity contribution is 7.92. The van der Waals surface area contributed by atoms with Crippen LogP contribution in [-0.2, 0) is 26.2 Å². The second-order valence-corrected chi connectivity index (χ2v) is 10.0. The predicted molar refractivity (Wildman–Crippen MR) is 128 cm³/mol. The summed E-state index contributed by atoms with van der Waals surface area (Å²) in [6, 6.07) is 11.0. The quantitative estimate of drug-likeness (QED) is 0.481. The highest BCUT2D eigenvalue weighted by atomic mass is 35.5. The molecule has 0 heterocycles. The van der Waals surface area contributed by atoms with E-state index in [1.165, 1.54) is 41.3 Å². The van der Waals surface area contributed by atoms with Crippen LogP contribution < -0.4 is 9.62 Å². The molecule has 0 fully saturated rings. The number of halogens is 2. The first kappa shape index (κ1) is 26.6. The summed E-state index contributed by atoms with van der Waals surface area (Å²) in [6.45, 7) is 3.49. The summed E-state index contributed by atoms with van der Waals surface area (Å²) in [5, 5.41) is 2.96. The smallest absolute Gasteiger partial charge is 0.244 e. The lowest BCUT2D eigenvalue weighted by molar-refractivity contribution is -0.139. The van der Waals surface area contributed by atoms with Crippen LogP contribution in [0.5, 0.6) is 0 Å². The molecule has 180 valence electrons. The second kappa shape index (κ2) is 12.0. The third-order valence-electron chi connectivity index (χ3n) is 5.06. The Morgan fingerprint density at radius 2 is 1.76 bits per heavy atom. The number of unbranched alkanes of at least 4 members (excludes halogenated alkanes) is 1. The first-order valence-electron chi connectivity index (χ1n) is 10.6. The van der Waals surface area contributed by atoms with Crippen molar-refractivity contribution in [1.82, 2.24) is 10.2 Å². The van der Waals surface area contributed by atoms with Gasteiger partial charge in [0.05, 0.1) is 17.0 Å². The Morgan fingerprint density at radius 1 is 1.12 bits per heavy atom. The molecule has 1 atom stereocenters. The van der Waals surface area contributed by atoms with E-state index in [9.17, 15) is 22.4 Å². The molecule has 0 aliphatic rings. The molecule has 10 heteroatoms. The number of carbonyl (C=O) groups excluding carboxylic acids is 2. The van der Waals surface area contributed by atoms with E-state index in [0.717, 1.165) is 23.4 Å². The van der Waals surface area contributed by atoms with Crippen molar-refractivity contribution in [1.29, 1.82) is 0 Å². The van der Waals surface area contributed by atoms with Gasteiger partial charge in [0.15, 0.2) is 0 Å². The van der Waals surface area contributed by atoms with Gasteiger partial charge in [-0.1, -0.05) is 49.2 Å². The average Bonchev–Trinajstić information content (AvgIpc) is 2.76. The Bertz CT molecular complexity index is 1060. The number of sulfonamides is 1. The van der Waals surface area contributed by atoms with Crippen molar-refractivity contribution in [2.75, 3.05) is 23.7 Å². The molecule has 0 aliphatic heterocycles. The third kappa shape index (κ3) is 7.71. The van der Waals surface area contributed by atoms with Gasteiger partial charge in [0.1, 0.15) is 18.4 Å². The number of amides is 2. The van der Waals surface area contributed by atoms with Crippen molar-refractivity contribution in [3.8, 4) is 0 Å². The largest absolute Gasteiger partial charge is 0.354 e. The van der Waals surface area contributed by atoms with Crippen molar-refractivity contribution in [2.24, 2.45) is 0 Å². The minimum atomic E-state index is -3.86. The van der Waals surface area contributed by atoms with Crippen molar-refractivity contribution < 1.29 is 22.4 Å². The van der Waals surface area contributed by atoms with Crippen LogP contribution in [0.1, 0.15) is 32.3 Å². The van der Waals surface area contributed by atoms with Gasteiger partial charge in [-0.2, -0.15) is 0 Å². The fraction of sp³-hybridized carbons (Fsp3) is 0.391.